The molecule has 2 aromatic carbocycles. The third kappa shape index (κ3) is 7.91. The van der Waals surface area contributed by atoms with Crippen LogP contribution in [0.15, 0.2) is 53.4 Å². The minimum absolute atomic E-state index is 0.0802. The zero-order chi connectivity index (χ0) is 27.3. The molecule has 0 radical (unpaired) electrons. The zero-order valence-corrected chi connectivity index (χ0v) is 23.3. The van der Waals surface area contributed by atoms with Crippen LogP contribution in [0.3, 0.4) is 0 Å². The molecule has 0 aromatic heterocycles. The van der Waals surface area contributed by atoms with Gasteiger partial charge in [0.15, 0.2) is 0 Å². The second-order valence-electron chi connectivity index (χ2n) is 9.75. The van der Waals surface area contributed by atoms with Gasteiger partial charge in [-0.15, -0.1) is 0 Å². The molecule has 1 aliphatic heterocycles. The van der Waals surface area contributed by atoms with Gasteiger partial charge in [0, 0.05) is 13.1 Å². The van der Waals surface area contributed by atoms with Gasteiger partial charge in [-0.2, -0.15) is 4.31 Å². The van der Waals surface area contributed by atoms with Gasteiger partial charge in [0.1, 0.15) is 18.9 Å². The summed E-state index contributed by atoms with van der Waals surface area (Å²) >= 11 is 0. The van der Waals surface area contributed by atoms with Gasteiger partial charge in [0.2, 0.25) is 26.0 Å². The van der Waals surface area contributed by atoms with E-state index in [1.165, 1.54) is 16.4 Å². The van der Waals surface area contributed by atoms with Gasteiger partial charge in [0.25, 0.3) is 0 Å². The van der Waals surface area contributed by atoms with Crippen molar-refractivity contribution in [2.75, 3.05) is 56.6 Å². The topological polar surface area (TPSA) is 122 Å². The molecule has 0 aliphatic carbocycles. The van der Waals surface area contributed by atoms with Crippen molar-refractivity contribution in [1.29, 1.82) is 0 Å². The molecule has 1 N–H and O–H groups in total. The van der Waals surface area contributed by atoms with Crippen molar-refractivity contribution in [3.8, 4) is 5.75 Å². The van der Waals surface area contributed by atoms with E-state index in [4.69, 9.17) is 9.47 Å². The number of hydrogen-bond donors (Lipinski definition) is 1. The van der Waals surface area contributed by atoms with Gasteiger partial charge >= 0.3 is 0 Å². The summed E-state index contributed by atoms with van der Waals surface area (Å²) in [6.07, 6.45) is 1.06. The number of benzene rings is 2. The highest BCUT2D eigenvalue weighted by Crippen LogP contribution is 2.26. The maximum atomic E-state index is 12.7. The molecular weight excluding hydrogens is 518 g/mol. The summed E-state index contributed by atoms with van der Waals surface area (Å²) in [5.74, 6) is -0.0206. The van der Waals surface area contributed by atoms with E-state index >= 15 is 0 Å². The molecule has 0 atom stereocenters. The number of nitrogens with zero attached hydrogens (tertiary/aromatic N) is 2. The number of anilines is 1. The summed E-state index contributed by atoms with van der Waals surface area (Å²) in [5, 5.41) is 2.66. The first-order valence-corrected chi connectivity index (χ1v) is 15.2. The highest BCUT2D eigenvalue weighted by molar-refractivity contribution is 7.92. The van der Waals surface area contributed by atoms with E-state index in [1.807, 2.05) is 12.1 Å². The molecule has 2 aromatic rings. The van der Waals surface area contributed by atoms with Gasteiger partial charge in [0.05, 0.1) is 36.6 Å². The summed E-state index contributed by atoms with van der Waals surface area (Å²) in [7, 11) is -7.26. The monoisotopic (exact) mass is 553 g/mol. The quantitative estimate of drug-likeness (QED) is 0.447. The first kappa shape index (κ1) is 28.9. The first-order valence-electron chi connectivity index (χ1n) is 11.9. The second-order valence-corrected chi connectivity index (χ2v) is 13.6. The SMILES string of the molecule is CC(C)(C)c1ccc(N(CC(=O)NCCOc2ccc(S(=O)(=O)N3CCOCC3)cc2)S(C)(=O)=O)cc1. The van der Waals surface area contributed by atoms with Crippen molar-refractivity contribution in [3.05, 3.63) is 54.1 Å². The van der Waals surface area contributed by atoms with Crippen LogP contribution in [-0.4, -0.2) is 79.3 Å². The van der Waals surface area contributed by atoms with E-state index in [0.29, 0.717) is 37.7 Å². The smallest absolute Gasteiger partial charge is 0.243 e. The highest BCUT2D eigenvalue weighted by Gasteiger charge is 2.26. The summed E-state index contributed by atoms with van der Waals surface area (Å²) in [6.45, 7) is 7.48. The Labute approximate surface area is 219 Å². The Kier molecular flexibility index (Phi) is 9.22. The number of morpholine rings is 1. The summed E-state index contributed by atoms with van der Waals surface area (Å²) in [4.78, 5) is 12.6. The van der Waals surface area contributed by atoms with Crippen LogP contribution in [0.4, 0.5) is 5.69 Å². The summed E-state index contributed by atoms with van der Waals surface area (Å²) in [5.41, 5.74) is 1.38. The van der Waals surface area contributed by atoms with Crippen molar-refractivity contribution in [1.82, 2.24) is 9.62 Å². The lowest BCUT2D eigenvalue weighted by molar-refractivity contribution is -0.119. The Morgan fingerprint density at radius 2 is 1.59 bits per heavy atom. The maximum absolute atomic E-state index is 12.7. The summed E-state index contributed by atoms with van der Waals surface area (Å²) in [6, 6.07) is 13.2. The lowest BCUT2D eigenvalue weighted by Crippen LogP contribution is -2.41. The number of rotatable bonds is 10. The predicted molar refractivity (Wildman–Crippen MR) is 142 cm³/mol. The Balaban J connectivity index is 1.51. The molecule has 0 bridgehead atoms. The van der Waals surface area contributed by atoms with E-state index in [2.05, 4.69) is 26.1 Å². The standard InChI is InChI=1S/C25H35N3O7S2/c1-25(2,3)20-5-7-21(8-6-20)28(36(4,30)31)19-24(29)26-13-16-35-22-9-11-23(12-10-22)37(32,33)27-14-17-34-18-15-27/h5-12H,13-19H2,1-4H3,(H,26,29). The molecule has 10 nitrogen and oxygen atoms in total. The average Bonchev–Trinajstić information content (AvgIpc) is 2.85. The number of sulfonamides is 2. The first-order chi connectivity index (χ1) is 17.3. The van der Waals surface area contributed by atoms with Crippen molar-refractivity contribution >= 4 is 31.6 Å². The van der Waals surface area contributed by atoms with Gasteiger partial charge < -0.3 is 14.8 Å². The second kappa shape index (κ2) is 11.8. The zero-order valence-electron chi connectivity index (χ0n) is 21.6. The Hall–Kier alpha value is -2.67. The molecule has 3 rings (SSSR count). The van der Waals surface area contributed by atoms with E-state index in [0.717, 1.165) is 16.1 Å². The molecule has 1 saturated heterocycles. The molecule has 0 spiro atoms. The van der Waals surface area contributed by atoms with Crippen LogP contribution >= 0.6 is 0 Å². The van der Waals surface area contributed by atoms with Crippen LogP contribution in [0.5, 0.6) is 5.75 Å². The number of nitrogens with one attached hydrogen (secondary N) is 1. The fourth-order valence-corrected chi connectivity index (χ4v) is 5.98. The minimum atomic E-state index is -3.68. The molecule has 12 heteroatoms. The lowest BCUT2D eigenvalue weighted by atomic mass is 9.87. The van der Waals surface area contributed by atoms with Crippen LogP contribution < -0.4 is 14.4 Å². The molecular formula is C25H35N3O7S2. The maximum Gasteiger partial charge on any atom is 0.243 e. The Bertz CT molecular complexity index is 1270. The highest BCUT2D eigenvalue weighted by atomic mass is 32.2. The third-order valence-corrected chi connectivity index (χ3v) is 8.89. The van der Waals surface area contributed by atoms with Gasteiger partial charge in [-0.05, 0) is 47.4 Å². The number of amides is 1. The van der Waals surface area contributed by atoms with Crippen molar-refractivity contribution in [2.45, 2.75) is 31.1 Å². The van der Waals surface area contributed by atoms with E-state index in [-0.39, 0.29) is 30.0 Å². The van der Waals surface area contributed by atoms with Gasteiger partial charge in [-0.3, -0.25) is 9.10 Å². The number of hydrogen-bond acceptors (Lipinski definition) is 7. The molecule has 1 aliphatic rings. The van der Waals surface area contributed by atoms with Crippen LogP contribution in [0.25, 0.3) is 0 Å². The van der Waals surface area contributed by atoms with E-state index in [1.54, 1.807) is 24.3 Å². The van der Waals surface area contributed by atoms with Gasteiger partial charge in [-0.25, -0.2) is 16.8 Å². The predicted octanol–water partition coefficient (Wildman–Crippen LogP) is 1.97. The molecule has 1 amide bonds. The van der Waals surface area contributed by atoms with Crippen molar-refractivity contribution in [2.24, 2.45) is 0 Å². The van der Waals surface area contributed by atoms with Crippen LogP contribution in [0.2, 0.25) is 0 Å². The number of carbonyl (C=O) groups excluding carboxylic acids is 1. The molecule has 1 heterocycles. The fourth-order valence-electron chi connectivity index (χ4n) is 3.72. The van der Waals surface area contributed by atoms with Crippen LogP contribution in [0, 0.1) is 0 Å². The molecule has 204 valence electrons. The number of ether oxygens (including phenoxy) is 2. The van der Waals surface area contributed by atoms with E-state index < -0.39 is 26.0 Å². The van der Waals surface area contributed by atoms with Crippen LogP contribution in [-0.2, 0) is 35.0 Å². The molecule has 0 saturated carbocycles. The van der Waals surface area contributed by atoms with Crippen molar-refractivity contribution in [3.63, 3.8) is 0 Å². The van der Waals surface area contributed by atoms with Crippen LogP contribution in [0.1, 0.15) is 26.3 Å². The molecule has 0 unspecified atom stereocenters. The Morgan fingerprint density at radius 3 is 2.14 bits per heavy atom. The normalized spacial score (nSPS) is 15.2. The average molecular weight is 554 g/mol. The fraction of sp³-hybridized carbons (Fsp3) is 0.480. The molecule has 37 heavy (non-hydrogen) atoms. The largest absolute Gasteiger partial charge is 0.492 e. The van der Waals surface area contributed by atoms with E-state index in [9.17, 15) is 21.6 Å². The Morgan fingerprint density at radius 1 is 1.00 bits per heavy atom. The van der Waals surface area contributed by atoms with Crippen molar-refractivity contribution < 1.29 is 31.1 Å². The van der Waals surface area contributed by atoms with Gasteiger partial charge in [-0.1, -0.05) is 32.9 Å². The minimum Gasteiger partial charge on any atom is -0.492 e. The number of carbonyl (C=O) groups is 1. The molecule has 1 fully saturated rings. The lowest BCUT2D eigenvalue weighted by Gasteiger charge is -2.26. The summed E-state index contributed by atoms with van der Waals surface area (Å²) < 4.78 is 63.3. The third-order valence-electron chi connectivity index (χ3n) is 5.83.